The van der Waals surface area contributed by atoms with Crippen LogP contribution in [-0.4, -0.2) is 26.9 Å². The Balaban J connectivity index is 1.82. The largest absolute Gasteiger partial charge is 0.324 e. The van der Waals surface area contributed by atoms with Gasteiger partial charge in [0.05, 0.1) is 24.0 Å². The third-order valence-electron chi connectivity index (χ3n) is 4.55. The predicted octanol–water partition coefficient (Wildman–Crippen LogP) is 3.26. The van der Waals surface area contributed by atoms with Gasteiger partial charge in [0.15, 0.2) is 0 Å². The van der Waals surface area contributed by atoms with Crippen LogP contribution in [0.4, 0.5) is 0 Å². The molecule has 0 aliphatic carbocycles. The van der Waals surface area contributed by atoms with E-state index < -0.39 is 0 Å². The zero-order valence-corrected chi connectivity index (χ0v) is 13.1. The topological polar surface area (TPSA) is 38.1 Å². The van der Waals surface area contributed by atoms with Crippen molar-refractivity contribution in [3.05, 3.63) is 29.6 Å². The number of likely N-dealkylation sites (tertiary alicyclic amines) is 1. The Morgan fingerprint density at radius 2 is 2.05 bits per heavy atom. The van der Waals surface area contributed by atoms with E-state index in [1.807, 2.05) is 11.2 Å². The average molecular weight is 285 g/mol. The molecule has 4 nitrogen and oxygen atoms in total. The molecule has 2 aromatic rings. The third-order valence-corrected chi connectivity index (χ3v) is 4.55. The first-order chi connectivity index (χ1) is 10.1. The van der Waals surface area contributed by atoms with Gasteiger partial charge in [-0.2, -0.15) is 0 Å². The molecule has 1 fully saturated rings. The maximum Gasteiger partial charge on any atom is 0.224 e. The van der Waals surface area contributed by atoms with Crippen LogP contribution in [0.1, 0.15) is 37.3 Å². The molecule has 0 bridgehead atoms. The number of amides is 1. The van der Waals surface area contributed by atoms with Crippen LogP contribution >= 0.6 is 0 Å². The van der Waals surface area contributed by atoms with E-state index in [9.17, 15) is 4.79 Å². The van der Waals surface area contributed by atoms with Gasteiger partial charge in [0.2, 0.25) is 5.91 Å². The summed E-state index contributed by atoms with van der Waals surface area (Å²) in [5.41, 5.74) is 4.65. The van der Waals surface area contributed by atoms with Crippen LogP contribution in [0.15, 0.2) is 18.5 Å². The van der Waals surface area contributed by atoms with Crippen molar-refractivity contribution in [2.45, 2.75) is 46.7 Å². The van der Waals surface area contributed by atoms with Crippen LogP contribution in [0.25, 0.3) is 11.0 Å². The van der Waals surface area contributed by atoms with Crippen molar-refractivity contribution in [2.24, 2.45) is 5.92 Å². The number of aromatic nitrogens is 2. The quantitative estimate of drug-likeness (QED) is 0.864. The third kappa shape index (κ3) is 2.67. The normalized spacial score (nSPS) is 18.9. The van der Waals surface area contributed by atoms with E-state index in [-0.39, 0.29) is 5.91 Å². The summed E-state index contributed by atoms with van der Waals surface area (Å²) in [6, 6.07) is 4.29. The minimum Gasteiger partial charge on any atom is -0.324 e. The molecule has 1 unspecified atom stereocenters. The second kappa shape index (κ2) is 5.51. The molecule has 1 amide bonds. The number of rotatable bonds is 4. The fourth-order valence-corrected chi connectivity index (χ4v) is 3.20. The first-order valence-electron chi connectivity index (χ1n) is 7.78. The molecule has 0 N–H and O–H groups in total. The summed E-state index contributed by atoms with van der Waals surface area (Å²) in [6.45, 7) is 7.91. The van der Waals surface area contributed by atoms with E-state index in [0.29, 0.717) is 19.0 Å². The van der Waals surface area contributed by atoms with Crippen molar-refractivity contribution in [2.75, 3.05) is 6.54 Å². The smallest absolute Gasteiger partial charge is 0.224 e. The van der Waals surface area contributed by atoms with Crippen LogP contribution in [-0.2, 0) is 11.5 Å². The van der Waals surface area contributed by atoms with Crippen molar-refractivity contribution in [1.82, 2.24) is 14.5 Å². The number of carbonyl (C=O) groups excluding carboxylic acids is 1. The molecule has 112 valence electrons. The Labute approximate surface area is 125 Å². The van der Waals surface area contributed by atoms with Gasteiger partial charge in [-0.15, -0.1) is 0 Å². The number of aryl methyl sites for hydroxylation is 2. The molecule has 1 aliphatic rings. The van der Waals surface area contributed by atoms with Gasteiger partial charge >= 0.3 is 0 Å². The van der Waals surface area contributed by atoms with E-state index in [1.54, 1.807) is 0 Å². The summed E-state index contributed by atoms with van der Waals surface area (Å²) >= 11 is 0. The Hall–Kier alpha value is -1.84. The maximum absolute atomic E-state index is 12.1. The maximum atomic E-state index is 12.1. The van der Waals surface area contributed by atoms with Crippen molar-refractivity contribution in [3.63, 3.8) is 0 Å². The summed E-state index contributed by atoms with van der Waals surface area (Å²) in [5.74, 6) is 0.806. The van der Waals surface area contributed by atoms with Gasteiger partial charge in [0.1, 0.15) is 0 Å². The number of hydrogen-bond acceptors (Lipinski definition) is 2. The second-order valence-corrected chi connectivity index (χ2v) is 6.26. The fraction of sp³-hybridized carbons (Fsp3) is 0.529. The lowest BCUT2D eigenvalue weighted by Crippen LogP contribution is -2.27. The summed E-state index contributed by atoms with van der Waals surface area (Å²) in [6.07, 6.45) is 4.85. The minimum atomic E-state index is 0.277. The first-order valence-corrected chi connectivity index (χ1v) is 7.78. The molecule has 3 rings (SSSR count). The van der Waals surface area contributed by atoms with E-state index in [1.165, 1.54) is 11.1 Å². The molecule has 21 heavy (non-hydrogen) atoms. The molecule has 1 aromatic heterocycles. The highest BCUT2D eigenvalue weighted by atomic mass is 16.2. The Bertz CT molecular complexity index is 674. The molecule has 0 radical (unpaired) electrons. The van der Waals surface area contributed by atoms with Gasteiger partial charge in [-0.3, -0.25) is 4.79 Å². The van der Waals surface area contributed by atoms with E-state index in [4.69, 9.17) is 0 Å². The zero-order valence-electron chi connectivity index (χ0n) is 13.1. The zero-order chi connectivity index (χ0) is 15.0. The molecular formula is C17H23N3O. The van der Waals surface area contributed by atoms with Crippen molar-refractivity contribution in [3.8, 4) is 0 Å². The Morgan fingerprint density at radius 3 is 2.81 bits per heavy atom. The molecule has 1 aliphatic heterocycles. The van der Waals surface area contributed by atoms with Crippen molar-refractivity contribution in [1.29, 1.82) is 0 Å². The highest BCUT2D eigenvalue weighted by molar-refractivity contribution is 5.79. The van der Waals surface area contributed by atoms with E-state index >= 15 is 0 Å². The van der Waals surface area contributed by atoms with Crippen molar-refractivity contribution < 1.29 is 4.79 Å². The summed E-state index contributed by atoms with van der Waals surface area (Å²) < 4.78 is 2.09. The lowest BCUT2D eigenvalue weighted by atomic mass is 10.0. The first kappa shape index (κ1) is 14.1. The molecule has 1 saturated heterocycles. The number of hydrogen-bond donors (Lipinski definition) is 0. The van der Waals surface area contributed by atoms with Gasteiger partial charge in [0, 0.05) is 13.0 Å². The number of carbonyl (C=O) groups is 1. The summed E-state index contributed by atoms with van der Waals surface area (Å²) in [4.78, 5) is 18.6. The number of nitrogens with zero attached hydrogens (tertiary/aromatic N) is 3. The monoisotopic (exact) mass is 285 g/mol. The predicted molar refractivity (Wildman–Crippen MR) is 83.9 cm³/mol. The van der Waals surface area contributed by atoms with Crippen LogP contribution in [0.2, 0.25) is 0 Å². The fourth-order valence-electron chi connectivity index (χ4n) is 3.20. The van der Waals surface area contributed by atoms with Gasteiger partial charge in [0.25, 0.3) is 0 Å². The van der Waals surface area contributed by atoms with Crippen molar-refractivity contribution >= 4 is 16.9 Å². The van der Waals surface area contributed by atoms with Crippen LogP contribution in [0.3, 0.4) is 0 Å². The number of imidazole rings is 1. The average Bonchev–Trinajstić information content (AvgIpc) is 2.97. The van der Waals surface area contributed by atoms with Gasteiger partial charge in [-0.05, 0) is 49.4 Å². The lowest BCUT2D eigenvalue weighted by Gasteiger charge is -2.18. The summed E-state index contributed by atoms with van der Waals surface area (Å²) in [7, 11) is 0. The van der Waals surface area contributed by atoms with Gasteiger partial charge in [-0.25, -0.2) is 4.98 Å². The Morgan fingerprint density at radius 1 is 1.29 bits per heavy atom. The molecule has 1 aromatic carbocycles. The second-order valence-electron chi connectivity index (χ2n) is 6.26. The molecule has 2 heterocycles. The van der Waals surface area contributed by atoms with Crippen LogP contribution in [0.5, 0.6) is 0 Å². The van der Waals surface area contributed by atoms with Gasteiger partial charge in [-0.1, -0.05) is 13.3 Å². The summed E-state index contributed by atoms with van der Waals surface area (Å²) in [5, 5.41) is 0. The lowest BCUT2D eigenvalue weighted by molar-refractivity contribution is -0.129. The molecule has 0 spiro atoms. The van der Waals surface area contributed by atoms with Gasteiger partial charge < -0.3 is 9.47 Å². The highest BCUT2D eigenvalue weighted by Gasteiger charge is 2.29. The number of benzene rings is 1. The van der Waals surface area contributed by atoms with E-state index in [0.717, 1.165) is 30.4 Å². The van der Waals surface area contributed by atoms with Crippen LogP contribution in [0, 0.1) is 19.8 Å². The molecule has 0 saturated carbocycles. The Kier molecular flexibility index (Phi) is 3.70. The number of fused-ring (bicyclic) bond motifs is 1. The molecule has 4 heteroatoms. The highest BCUT2D eigenvalue weighted by Crippen LogP contribution is 2.24. The SMILES string of the molecule is CCCC1CC(=O)N(Cn2cnc3cc(C)c(C)cc32)C1. The van der Waals surface area contributed by atoms with E-state index in [2.05, 4.69) is 42.5 Å². The molecular weight excluding hydrogens is 262 g/mol. The molecule has 1 atom stereocenters. The minimum absolute atomic E-state index is 0.277. The van der Waals surface area contributed by atoms with Crippen LogP contribution < -0.4 is 0 Å². The standard InChI is InChI=1S/C17H23N3O/c1-4-5-14-8-17(21)19(9-14)11-20-10-18-15-6-12(2)13(3)7-16(15)20/h6-7,10,14H,4-5,8-9,11H2,1-3H3.